The number of hydrogen-bond donors (Lipinski definition) is 0. The van der Waals surface area contributed by atoms with Crippen molar-refractivity contribution < 1.29 is 0 Å². The highest BCUT2D eigenvalue weighted by Crippen LogP contribution is 2.25. The second kappa shape index (κ2) is 6.80. The van der Waals surface area contributed by atoms with Crippen molar-refractivity contribution in [3.63, 3.8) is 0 Å². The van der Waals surface area contributed by atoms with E-state index >= 15 is 0 Å². The molecule has 0 amide bonds. The van der Waals surface area contributed by atoms with Gasteiger partial charge in [0.05, 0.1) is 0 Å². The van der Waals surface area contributed by atoms with Crippen molar-refractivity contribution in [2.75, 3.05) is 0 Å². The second-order valence-electron chi connectivity index (χ2n) is 4.66. The lowest BCUT2D eigenvalue weighted by Gasteiger charge is -2.15. The molecule has 2 aromatic rings. The highest BCUT2D eigenvalue weighted by Gasteiger charge is 2.09. The predicted molar refractivity (Wildman–Crippen MR) is 78.8 cm³/mol. The molecule has 0 aliphatic heterocycles. The van der Waals surface area contributed by atoms with Crippen LogP contribution in [0.25, 0.3) is 0 Å². The van der Waals surface area contributed by atoms with Gasteiger partial charge in [-0.15, -0.1) is 6.58 Å². The molecule has 18 heavy (non-hydrogen) atoms. The number of benzene rings is 2. The van der Waals surface area contributed by atoms with Gasteiger partial charge in [0, 0.05) is 0 Å². The first-order chi connectivity index (χ1) is 8.90. The lowest BCUT2D eigenvalue weighted by Crippen LogP contribution is -2.00. The van der Waals surface area contributed by atoms with Crippen molar-refractivity contribution in [3.8, 4) is 0 Å². The molecule has 0 spiro atoms. The first kappa shape index (κ1) is 12.6. The summed E-state index contributed by atoms with van der Waals surface area (Å²) in [6.45, 7) is 3.88. The van der Waals surface area contributed by atoms with Crippen LogP contribution in [0.4, 0.5) is 0 Å². The van der Waals surface area contributed by atoms with E-state index in [0.29, 0.717) is 5.92 Å². The molecule has 0 saturated heterocycles. The van der Waals surface area contributed by atoms with Gasteiger partial charge >= 0.3 is 0 Å². The van der Waals surface area contributed by atoms with E-state index in [2.05, 4.69) is 67.2 Å². The summed E-state index contributed by atoms with van der Waals surface area (Å²) in [5.41, 5.74) is 2.84. The molecule has 0 nitrogen and oxygen atoms in total. The number of aryl methyl sites for hydroxylation is 1. The minimum atomic E-state index is 0.587. The van der Waals surface area contributed by atoms with Crippen molar-refractivity contribution in [1.82, 2.24) is 0 Å². The summed E-state index contributed by atoms with van der Waals surface area (Å²) >= 11 is 0. The molecule has 92 valence electrons. The zero-order valence-electron chi connectivity index (χ0n) is 10.8. The molecule has 0 aromatic heterocycles. The van der Waals surface area contributed by atoms with Crippen LogP contribution < -0.4 is 0 Å². The Morgan fingerprint density at radius 3 is 2.11 bits per heavy atom. The van der Waals surface area contributed by atoms with Gasteiger partial charge in [0.2, 0.25) is 0 Å². The van der Waals surface area contributed by atoms with Crippen LogP contribution >= 0.6 is 0 Å². The third-order valence-electron chi connectivity index (χ3n) is 3.35. The van der Waals surface area contributed by atoms with Crippen LogP contribution in [-0.2, 0) is 6.42 Å². The van der Waals surface area contributed by atoms with Gasteiger partial charge in [-0.25, -0.2) is 0 Å². The molecule has 0 N–H and O–H groups in total. The fourth-order valence-corrected chi connectivity index (χ4v) is 2.33. The monoisotopic (exact) mass is 236 g/mol. The van der Waals surface area contributed by atoms with E-state index in [0.717, 1.165) is 12.8 Å². The van der Waals surface area contributed by atoms with Crippen LogP contribution in [0.5, 0.6) is 0 Å². The summed E-state index contributed by atoms with van der Waals surface area (Å²) in [4.78, 5) is 0. The van der Waals surface area contributed by atoms with E-state index in [1.54, 1.807) is 0 Å². The van der Waals surface area contributed by atoms with Crippen LogP contribution in [0.3, 0.4) is 0 Å². The Balaban J connectivity index is 2.01. The zero-order chi connectivity index (χ0) is 12.6. The Hall–Kier alpha value is -1.82. The number of rotatable bonds is 6. The fourth-order valence-electron chi connectivity index (χ4n) is 2.33. The van der Waals surface area contributed by atoms with Crippen LogP contribution in [0.2, 0.25) is 0 Å². The molecular weight excluding hydrogens is 216 g/mol. The maximum Gasteiger partial charge on any atom is -0.0124 e. The van der Waals surface area contributed by atoms with Gasteiger partial charge < -0.3 is 0 Å². The van der Waals surface area contributed by atoms with E-state index in [1.807, 2.05) is 6.08 Å². The summed E-state index contributed by atoms with van der Waals surface area (Å²) < 4.78 is 0. The molecule has 0 saturated carbocycles. The van der Waals surface area contributed by atoms with Crippen LogP contribution in [0.1, 0.15) is 29.9 Å². The largest absolute Gasteiger partial charge is 0.103 e. The first-order valence-electron chi connectivity index (χ1n) is 6.60. The molecule has 0 aliphatic carbocycles. The average molecular weight is 236 g/mol. The van der Waals surface area contributed by atoms with Crippen molar-refractivity contribution in [3.05, 3.63) is 84.4 Å². The number of allylic oxidation sites excluding steroid dienone is 1. The zero-order valence-corrected chi connectivity index (χ0v) is 10.8. The standard InChI is InChI=1S/C18H20/c1-2-9-17(18-12-7-4-8-13-18)15-14-16-10-5-3-6-11-16/h2-8,10-13,17H,1,9,14-15H2. The quantitative estimate of drug-likeness (QED) is 0.620. The normalized spacial score (nSPS) is 12.0. The van der Waals surface area contributed by atoms with E-state index < -0.39 is 0 Å². The van der Waals surface area contributed by atoms with Gasteiger partial charge in [-0.3, -0.25) is 0 Å². The highest BCUT2D eigenvalue weighted by molar-refractivity contribution is 5.21. The van der Waals surface area contributed by atoms with Crippen molar-refractivity contribution in [2.45, 2.75) is 25.2 Å². The second-order valence-corrected chi connectivity index (χ2v) is 4.66. The van der Waals surface area contributed by atoms with Gasteiger partial charge in [0.1, 0.15) is 0 Å². The molecule has 0 bridgehead atoms. The summed E-state index contributed by atoms with van der Waals surface area (Å²) in [6.07, 6.45) is 5.40. The minimum absolute atomic E-state index is 0.587. The fraction of sp³-hybridized carbons (Fsp3) is 0.222. The molecular formula is C18H20. The Morgan fingerprint density at radius 1 is 0.889 bits per heavy atom. The van der Waals surface area contributed by atoms with Gasteiger partial charge in [-0.1, -0.05) is 66.7 Å². The minimum Gasteiger partial charge on any atom is -0.103 e. The van der Waals surface area contributed by atoms with E-state index in [4.69, 9.17) is 0 Å². The molecule has 0 aliphatic rings. The molecule has 1 atom stereocenters. The van der Waals surface area contributed by atoms with Gasteiger partial charge in [0.15, 0.2) is 0 Å². The van der Waals surface area contributed by atoms with Gasteiger partial charge in [0.25, 0.3) is 0 Å². The summed E-state index contributed by atoms with van der Waals surface area (Å²) in [5, 5.41) is 0. The van der Waals surface area contributed by atoms with Crippen molar-refractivity contribution >= 4 is 0 Å². The highest BCUT2D eigenvalue weighted by atomic mass is 14.1. The van der Waals surface area contributed by atoms with E-state index in [9.17, 15) is 0 Å². The maximum absolute atomic E-state index is 3.88. The topological polar surface area (TPSA) is 0 Å². The first-order valence-corrected chi connectivity index (χ1v) is 6.60. The Kier molecular flexibility index (Phi) is 4.78. The average Bonchev–Trinajstić information content (AvgIpc) is 2.45. The molecule has 2 rings (SSSR count). The van der Waals surface area contributed by atoms with Crippen molar-refractivity contribution in [1.29, 1.82) is 0 Å². The summed E-state index contributed by atoms with van der Waals surface area (Å²) in [7, 11) is 0. The third-order valence-corrected chi connectivity index (χ3v) is 3.35. The number of hydrogen-bond acceptors (Lipinski definition) is 0. The van der Waals surface area contributed by atoms with Crippen LogP contribution in [-0.4, -0.2) is 0 Å². The smallest absolute Gasteiger partial charge is 0.0124 e. The van der Waals surface area contributed by atoms with Crippen LogP contribution in [0, 0.1) is 0 Å². The third kappa shape index (κ3) is 3.59. The molecule has 0 heterocycles. The Labute approximate surface area is 110 Å². The van der Waals surface area contributed by atoms with E-state index in [1.165, 1.54) is 17.5 Å². The molecule has 2 aromatic carbocycles. The van der Waals surface area contributed by atoms with Crippen molar-refractivity contribution in [2.24, 2.45) is 0 Å². The summed E-state index contributed by atoms with van der Waals surface area (Å²) in [6, 6.07) is 21.5. The SMILES string of the molecule is C=CCC(CCc1ccccc1)c1ccccc1. The predicted octanol–water partition coefficient (Wildman–Crippen LogP) is 4.98. The lowest BCUT2D eigenvalue weighted by molar-refractivity contribution is 0.633. The lowest BCUT2D eigenvalue weighted by atomic mass is 9.90. The molecule has 0 fully saturated rings. The molecule has 0 heteroatoms. The summed E-state index contributed by atoms with van der Waals surface area (Å²) in [5.74, 6) is 0.587. The molecule has 0 radical (unpaired) electrons. The molecule has 1 unspecified atom stereocenters. The van der Waals surface area contributed by atoms with E-state index in [-0.39, 0.29) is 0 Å². The maximum atomic E-state index is 3.88. The van der Waals surface area contributed by atoms with Gasteiger partial charge in [-0.2, -0.15) is 0 Å². The Bertz CT molecular complexity index is 456. The van der Waals surface area contributed by atoms with Gasteiger partial charge in [-0.05, 0) is 36.3 Å². The Morgan fingerprint density at radius 2 is 1.50 bits per heavy atom. The van der Waals surface area contributed by atoms with Crippen LogP contribution in [0.15, 0.2) is 73.3 Å².